The molecular formula is C14H10N4O. The van der Waals surface area contributed by atoms with Crippen LogP contribution in [0.2, 0.25) is 0 Å². The summed E-state index contributed by atoms with van der Waals surface area (Å²) in [5, 5.41) is 3.74. The van der Waals surface area contributed by atoms with Gasteiger partial charge in [-0.15, -0.1) is 0 Å². The van der Waals surface area contributed by atoms with E-state index >= 15 is 0 Å². The Morgan fingerprint density at radius 3 is 2.47 bits per heavy atom. The first kappa shape index (κ1) is 11.3. The van der Waals surface area contributed by atoms with E-state index in [0.717, 1.165) is 10.9 Å². The standard InChI is InChI=1S/C14H10N4O/c19-14(13-16-8-3-9-17-13)18-11-6-1-4-10-5-2-7-15-12(10)11/h1-9H,(H,18,19). The van der Waals surface area contributed by atoms with Crippen LogP contribution in [0, 0.1) is 0 Å². The molecule has 1 amide bonds. The van der Waals surface area contributed by atoms with Gasteiger partial charge in [-0.25, -0.2) is 9.97 Å². The molecule has 0 atom stereocenters. The van der Waals surface area contributed by atoms with Crippen molar-refractivity contribution in [1.82, 2.24) is 15.0 Å². The molecule has 0 aliphatic rings. The number of aromatic nitrogens is 3. The van der Waals surface area contributed by atoms with Gasteiger partial charge in [0.05, 0.1) is 11.2 Å². The number of carbonyl (C=O) groups is 1. The van der Waals surface area contributed by atoms with Gasteiger partial charge < -0.3 is 5.32 Å². The van der Waals surface area contributed by atoms with Crippen molar-refractivity contribution in [2.75, 3.05) is 5.32 Å². The highest BCUT2D eigenvalue weighted by atomic mass is 16.2. The van der Waals surface area contributed by atoms with Crippen LogP contribution in [-0.4, -0.2) is 20.9 Å². The number of hydrogen-bond donors (Lipinski definition) is 1. The maximum atomic E-state index is 12.0. The second-order valence-electron chi connectivity index (χ2n) is 3.91. The fourth-order valence-corrected chi connectivity index (χ4v) is 1.80. The minimum absolute atomic E-state index is 0.135. The molecule has 5 heteroatoms. The average Bonchev–Trinajstić information content (AvgIpc) is 2.48. The Labute approximate surface area is 109 Å². The third-order valence-corrected chi connectivity index (χ3v) is 2.65. The number of benzene rings is 1. The van der Waals surface area contributed by atoms with Gasteiger partial charge in [0.15, 0.2) is 0 Å². The molecule has 92 valence electrons. The molecule has 0 saturated carbocycles. The molecule has 1 N–H and O–H groups in total. The molecule has 1 aromatic carbocycles. The Hall–Kier alpha value is -2.82. The molecule has 2 heterocycles. The monoisotopic (exact) mass is 250 g/mol. The summed E-state index contributed by atoms with van der Waals surface area (Å²) in [5.41, 5.74) is 1.39. The molecule has 0 bridgehead atoms. The third kappa shape index (κ3) is 2.26. The summed E-state index contributed by atoms with van der Waals surface area (Å²) in [4.78, 5) is 24.1. The van der Waals surface area contributed by atoms with Crippen LogP contribution in [0.15, 0.2) is 55.0 Å². The zero-order valence-electron chi connectivity index (χ0n) is 9.95. The molecule has 3 aromatic rings. The maximum absolute atomic E-state index is 12.0. The minimum Gasteiger partial charge on any atom is -0.317 e. The van der Waals surface area contributed by atoms with E-state index in [4.69, 9.17) is 0 Å². The summed E-state index contributed by atoms with van der Waals surface area (Å²) in [6.45, 7) is 0. The topological polar surface area (TPSA) is 67.8 Å². The van der Waals surface area contributed by atoms with E-state index < -0.39 is 0 Å². The molecule has 0 radical (unpaired) electrons. The molecular weight excluding hydrogens is 240 g/mol. The summed E-state index contributed by atoms with van der Waals surface area (Å²) >= 11 is 0. The van der Waals surface area contributed by atoms with E-state index in [1.807, 2.05) is 24.3 Å². The van der Waals surface area contributed by atoms with E-state index in [9.17, 15) is 4.79 Å². The van der Waals surface area contributed by atoms with Crippen molar-refractivity contribution in [2.24, 2.45) is 0 Å². The highest BCUT2D eigenvalue weighted by Gasteiger charge is 2.10. The third-order valence-electron chi connectivity index (χ3n) is 2.65. The number of anilines is 1. The second kappa shape index (κ2) is 4.81. The summed E-state index contributed by atoms with van der Waals surface area (Å²) in [5.74, 6) is -0.214. The molecule has 0 aliphatic carbocycles. The first-order chi connectivity index (χ1) is 9.34. The Morgan fingerprint density at radius 1 is 0.895 bits per heavy atom. The SMILES string of the molecule is O=C(Nc1cccc2cccnc12)c1ncccn1. The minimum atomic E-state index is -0.348. The fraction of sp³-hybridized carbons (Fsp3) is 0. The number of carbonyl (C=O) groups excluding carboxylic acids is 1. The average molecular weight is 250 g/mol. The molecule has 3 rings (SSSR count). The molecule has 0 unspecified atom stereocenters. The van der Waals surface area contributed by atoms with Crippen molar-refractivity contribution in [3.8, 4) is 0 Å². The molecule has 0 fully saturated rings. The van der Waals surface area contributed by atoms with Crippen molar-refractivity contribution < 1.29 is 4.79 Å². The number of hydrogen-bond acceptors (Lipinski definition) is 4. The Balaban J connectivity index is 1.96. The van der Waals surface area contributed by atoms with Gasteiger partial charge in [-0.3, -0.25) is 9.78 Å². The number of pyridine rings is 1. The van der Waals surface area contributed by atoms with Crippen LogP contribution < -0.4 is 5.32 Å². The van der Waals surface area contributed by atoms with Gasteiger partial charge in [-0.2, -0.15) is 0 Å². The molecule has 0 spiro atoms. The fourth-order valence-electron chi connectivity index (χ4n) is 1.80. The Morgan fingerprint density at radius 2 is 1.63 bits per heavy atom. The Bertz CT molecular complexity index is 722. The van der Waals surface area contributed by atoms with Crippen LogP contribution >= 0.6 is 0 Å². The first-order valence-electron chi connectivity index (χ1n) is 5.77. The number of amides is 1. The molecule has 2 aromatic heterocycles. The lowest BCUT2D eigenvalue weighted by atomic mass is 10.2. The van der Waals surface area contributed by atoms with Crippen LogP contribution in [0.4, 0.5) is 5.69 Å². The van der Waals surface area contributed by atoms with Gasteiger partial charge in [0, 0.05) is 24.0 Å². The molecule has 0 saturated heterocycles. The highest BCUT2D eigenvalue weighted by Crippen LogP contribution is 2.20. The van der Waals surface area contributed by atoms with Gasteiger partial charge >= 0.3 is 0 Å². The van der Waals surface area contributed by atoms with Crippen molar-refractivity contribution in [2.45, 2.75) is 0 Å². The van der Waals surface area contributed by atoms with E-state index in [1.54, 1.807) is 18.3 Å². The van der Waals surface area contributed by atoms with Crippen LogP contribution in [0.25, 0.3) is 10.9 Å². The van der Waals surface area contributed by atoms with Crippen molar-refractivity contribution in [3.63, 3.8) is 0 Å². The summed E-state index contributed by atoms with van der Waals surface area (Å²) < 4.78 is 0. The molecule has 5 nitrogen and oxygen atoms in total. The van der Waals surface area contributed by atoms with Gasteiger partial charge in [0.1, 0.15) is 0 Å². The smallest absolute Gasteiger partial charge is 0.293 e. The zero-order chi connectivity index (χ0) is 13.1. The van der Waals surface area contributed by atoms with E-state index in [1.165, 1.54) is 12.4 Å². The van der Waals surface area contributed by atoms with Gasteiger partial charge in [0.2, 0.25) is 5.82 Å². The largest absolute Gasteiger partial charge is 0.317 e. The summed E-state index contributed by atoms with van der Waals surface area (Å²) in [6.07, 6.45) is 4.75. The lowest BCUT2D eigenvalue weighted by molar-refractivity contribution is 0.101. The van der Waals surface area contributed by atoms with Gasteiger partial charge in [-0.05, 0) is 18.2 Å². The quantitative estimate of drug-likeness (QED) is 0.757. The first-order valence-corrected chi connectivity index (χ1v) is 5.77. The lowest BCUT2D eigenvalue weighted by Crippen LogP contribution is -2.15. The van der Waals surface area contributed by atoms with Crippen molar-refractivity contribution in [3.05, 3.63) is 60.8 Å². The number of para-hydroxylation sites is 1. The van der Waals surface area contributed by atoms with Crippen molar-refractivity contribution >= 4 is 22.5 Å². The van der Waals surface area contributed by atoms with E-state index in [0.29, 0.717) is 5.69 Å². The maximum Gasteiger partial charge on any atom is 0.293 e. The predicted molar refractivity (Wildman–Crippen MR) is 71.7 cm³/mol. The summed E-state index contributed by atoms with van der Waals surface area (Å²) in [6, 6.07) is 11.1. The lowest BCUT2D eigenvalue weighted by Gasteiger charge is -2.06. The van der Waals surface area contributed by atoms with E-state index in [-0.39, 0.29) is 11.7 Å². The molecule has 0 aliphatic heterocycles. The van der Waals surface area contributed by atoms with Gasteiger partial charge in [-0.1, -0.05) is 18.2 Å². The molecule has 19 heavy (non-hydrogen) atoms. The van der Waals surface area contributed by atoms with Crippen LogP contribution in [0.5, 0.6) is 0 Å². The Kier molecular flexibility index (Phi) is 2.86. The summed E-state index contributed by atoms with van der Waals surface area (Å²) in [7, 11) is 0. The normalized spacial score (nSPS) is 10.3. The van der Waals surface area contributed by atoms with Crippen LogP contribution in [0.1, 0.15) is 10.6 Å². The number of fused-ring (bicyclic) bond motifs is 1. The van der Waals surface area contributed by atoms with E-state index in [2.05, 4.69) is 20.3 Å². The number of nitrogens with zero attached hydrogens (tertiary/aromatic N) is 3. The number of rotatable bonds is 2. The van der Waals surface area contributed by atoms with Crippen molar-refractivity contribution in [1.29, 1.82) is 0 Å². The van der Waals surface area contributed by atoms with Crippen LogP contribution in [-0.2, 0) is 0 Å². The number of nitrogens with one attached hydrogen (secondary N) is 1. The highest BCUT2D eigenvalue weighted by molar-refractivity contribution is 6.06. The zero-order valence-corrected chi connectivity index (χ0v) is 9.95. The second-order valence-corrected chi connectivity index (χ2v) is 3.91. The van der Waals surface area contributed by atoms with Crippen LogP contribution in [0.3, 0.4) is 0 Å². The predicted octanol–water partition coefficient (Wildman–Crippen LogP) is 2.28. The van der Waals surface area contributed by atoms with Gasteiger partial charge in [0.25, 0.3) is 5.91 Å².